The summed E-state index contributed by atoms with van der Waals surface area (Å²) in [5.41, 5.74) is 0. The van der Waals surface area contributed by atoms with Gasteiger partial charge in [-0.1, -0.05) is 0 Å². The average Bonchev–Trinajstić information content (AvgIpc) is 2.78. The van der Waals surface area contributed by atoms with Gasteiger partial charge in [0.15, 0.2) is 0 Å². The molecule has 2 rings (SSSR count). The largest absolute Gasteiger partial charge is 0.431 e. The van der Waals surface area contributed by atoms with E-state index in [1.807, 2.05) is 0 Å². The molecule has 5 nitrogen and oxygen atoms in total. The third-order valence-electron chi connectivity index (χ3n) is 4.10. The van der Waals surface area contributed by atoms with E-state index in [-0.39, 0.29) is 6.42 Å². The minimum atomic E-state index is -6.27. The fourth-order valence-corrected chi connectivity index (χ4v) is 3.60. The topological polar surface area (TPSA) is 94.8 Å². The van der Waals surface area contributed by atoms with Crippen LogP contribution >= 0.6 is 0 Å². The third-order valence-corrected chi connectivity index (χ3v) is 5.02. The first-order chi connectivity index (χ1) is 8.41. The first-order valence-corrected chi connectivity index (χ1v) is 6.94. The Balaban J connectivity index is 2.33. The van der Waals surface area contributed by atoms with Gasteiger partial charge in [-0.05, 0) is 24.7 Å². The molecule has 0 aromatic carbocycles. The minimum absolute atomic E-state index is 0.0792. The van der Waals surface area contributed by atoms with Gasteiger partial charge in [-0.25, -0.2) is 0 Å². The van der Waals surface area contributed by atoms with Crippen LogP contribution in [0.2, 0.25) is 0 Å². The fraction of sp³-hybridized carbons (Fsp3) is 1.00. The first kappa shape index (κ1) is 14.9. The van der Waals surface area contributed by atoms with Crippen LogP contribution in [0.15, 0.2) is 0 Å². The number of aliphatic hydroxyl groups excluding tert-OH is 2. The number of hydrogen-bond acceptors (Lipinski definition) is 4. The summed E-state index contributed by atoms with van der Waals surface area (Å²) in [6.07, 6.45) is -3.46. The molecule has 0 heterocycles. The SMILES string of the molecule is O=S(=O)(O)C(F)(F)C(F)(F)C1CC2CC1C(O)C2O. The highest BCUT2D eigenvalue weighted by atomic mass is 32.2. The maximum Gasteiger partial charge on any atom is 0.431 e. The van der Waals surface area contributed by atoms with Gasteiger partial charge in [0.05, 0.1) is 12.2 Å². The van der Waals surface area contributed by atoms with Gasteiger partial charge in [0.25, 0.3) is 0 Å². The van der Waals surface area contributed by atoms with Gasteiger partial charge >= 0.3 is 21.3 Å². The molecule has 2 aliphatic rings. The predicted octanol–water partition coefficient (Wildman–Crippen LogP) is 0.480. The molecular weight excluding hydrogens is 296 g/mol. The zero-order valence-electron chi connectivity index (χ0n) is 9.38. The third kappa shape index (κ3) is 1.88. The molecule has 10 heteroatoms. The highest BCUT2D eigenvalue weighted by Crippen LogP contribution is 2.58. The van der Waals surface area contributed by atoms with E-state index in [4.69, 9.17) is 4.55 Å². The van der Waals surface area contributed by atoms with E-state index in [2.05, 4.69) is 0 Å². The lowest BCUT2D eigenvalue weighted by Gasteiger charge is -2.36. The molecule has 0 aromatic rings. The number of alkyl halides is 4. The Morgan fingerprint density at radius 2 is 1.53 bits per heavy atom. The predicted molar refractivity (Wildman–Crippen MR) is 53.2 cm³/mol. The molecule has 2 saturated carbocycles. The molecule has 0 radical (unpaired) electrons. The van der Waals surface area contributed by atoms with Crippen LogP contribution in [0.3, 0.4) is 0 Å². The van der Waals surface area contributed by atoms with Crippen molar-refractivity contribution in [2.24, 2.45) is 17.8 Å². The van der Waals surface area contributed by atoms with Crippen molar-refractivity contribution < 1.29 is 40.7 Å². The Morgan fingerprint density at radius 1 is 1.00 bits per heavy atom. The van der Waals surface area contributed by atoms with Crippen LogP contribution in [0.25, 0.3) is 0 Å². The highest BCUT2D eigenvalue weighted by Gasteiger charge is 2.73. The van der Waals surface area contributed by atoms with Gasteiger partial charge in [0, 0.05) is 5.92 Å². The molecular formula is C9H12F4O5S. The summed E-state index contributed by atoms with van der Waals surface area (Å²) in [5, 5.41) is 13.2. The molecule has 3 N–H and O–H groups in total. The fourth-order valence-electron chi connectivity index (χ4n) is 3.10. The van der Waals surface area contributed by atoms with Gasteiger partial charge in [-0.2, -0.15) is 26.0 Å². The van der Waals surface area contributed by atoms with Crippen LogP contribution in [-0.2, 0) is 10.1 Å². The monoisotopic (exact) mass is 308 g/mol. The van der Waals surface area contributed by atoms with Crippen molar-refractivity contribution >= 4 is 10.1 Å². The Morgan fingerprint density at radius 3 is 1.89 bits per heavy atom. The van der Waals surface area contributed by atoms with E-state index in [0.29, 0.717) is 0 Å². The maximum absolute atomic E-state index is 13.7. The lowest BCUT2D eigenvalue weighted by molar-refractivity contribution is -0.215. The summed E-state index contributed by atoms with van der Waals surface area (Å²) >= 11 is 0. The molecule has 19 heavy (non-hydrogen) atoms. The van der Waals surface area contributed by atoms with Crippen molar-refractivity contribution in [3.8, 4) is 0 Å². The van der Waals surface area contributed by atoms with Gasteiger partial charge in [-0.15, -0.1) is 0 Å². The quantitative estimate of drug-likeness (QED) is 0.521. The van der Waals surface area contributed by atoms with Crippen LogP contribution in [0, 0.1) is 17.8 Å². The molecule has 2 bridgehead atoms. The summed E-state index contributed by atoms with van der Waals surface area (Å²) in [7, 11) is -6.27. The molecule has 0 saturated heterocycles. The smallest absolute Gasteiger partial charge is 0.390 e. The van der Waals surface area contributed by atoms with Gasteiger partial charge in [0.1, 0.15) is 0 Å². The Kier molecular flexibility index (Phi) is 3.17. The normalized spacial score (nSPS) is 39.8. The van der Waals surface area contributed by atoms with Gasteiger partial charge in [-0.3, -0.25) is 4.55 Å². The number of halogens is 4. The maximum atomic E-state index is 13.7. The Labute approximate surface area is 106 Å². The standard InChI is InChI=1S/C9H12F4O5S/c10-8(11,9(12,13)19(16,17)18)5-2-3-1-4(5)7(15)6(3)14/h3-7,14-15H,1-2H2,(H,16,17,18). The summed E-state index contributed by atoms with van der Waals surface area (Å²) in [5.74, 6) is -9.20. The molecule has 112 valence electrons. The molecule has 5 atom stereocenters. The summed E-state index contributed by atoms with van der Waals surface area (Å²) in [4.78, 5) is 0. The zero-order valence-corrected chi connectivity index (χ0v) is 10.2. The van der Waals surface area contributed by atoms with E-state index in [1.54, 1.807) is 0 Å². The van der Waals surface area contributed by atoms with E-state index < -0.39 is 57.7 Å². The molecule has 0 aliphatic heterocycles. The van der Waals surface area contributed by atoms with Crippen LogP contribution in [0.1, 0.15) is 12.8 Å². The van der Waals surface area contributed by atoms with Crippen LogP contribution in [0.4, 0.5) is 17.6 Å². The molecule has 5 unspecified atom stereocenters. The van der Waals surface area contributed by atoms with Crippen molar-refractivity contribution in [1.82, 2.24) is 0 Å². The first-order valence-electron chi connectivity index (χ1n) is 5.50. The number of rotatable bonds is 3. The second-order valence-electron chi connectivity index (χ2n) is 5.10. The van der Waals surface area contributed by atoms with Crippen molar-refractivity contribution in [3.63, 3.8) is 0 Å². The second kappa shape index (κ2) is 4.03. The number of fused-ring (bicyclic) bond motifs is 2. The number of aliphatic hydroxyl groups is 2. The van der Waals surface area contributed by atoms with Gasteiger partial charge < -0.3 is 10.2 Å². The lowest BCUT2D eigenvalue weighted by atomic mass is 9.81. The molecule has 0 aromatic heterocycles. The number of hydrogen-bond donors (Lipinski definition) is 3. The summed E-state index contributed by atoms with van der Waals surface area (Å²) in [6.45, 7) is 0. The van der Waals surface area contributed by atoms with Gasteiger partial charge in [0.2, 0.25) is 0 Å². The van der Waals surface area contributed by atoms with E-state index in [1.165, 1.54) is 0 Å². The van der Waals surface area contributed by atoms with Crippen molar-refractivity contribution in [2.75, 3.05) is 0 Å². The Hall–Kier alpha value is -0.450. The lowest BCUT2D eigenvalue weighted by Crippen LogP contribution is -2.55. The van der Waals surface area contributed by atoms with Crippen molar-refractivity contribution in [2.45, 2.75) is 36.2 Å². The van der Waals surface area contributed by atoms with E-state index in [0.717, 1.165) is 0 Å². The van der Waals surface area contributed by atoms with E-state index in [9.17, 15) is 36.2 Å². The highest BCUT2D eigenvalue weighted by molar-refractivity contribution is 7.87. The molecule has 2 aliphatic carbocycles. The molecule has 0 amide bonds. The molecule has 2 fully saturated rings. The van der Waals surface area contributed by atoms with Crippen LogP contribution < -0.4 is 0 Å². The van der Waals surface area contributed by atoms with Crippen molar-refractivity contribution in [1.29, 1.82) is 0 Å². The zero-order chi connectivity index (χ0) is 14.8. The molecule has 0 spiro atoms. The summed E-state index contributed by atoms with van der Waals surface area (Å²) in [6, 6.07) is 0. The average molecular weight is 308 g/mol. The second-order valence-corrected chi connectivity index (χ2v) is 6.56. The Bertz CT molecular complexity index is 477. The van der Waals surface area contributed by atoms with Crippen LogP contribution in [0.5, 0.6) is 0 Å². The van der Waals surface area contributed by atoms with Crippen molar-refractivity contribution in [3.05, 3.63) is 0 Å². The summed E-state index contributed by atoms with van der Waals surface area (Å²) < 4.78 is 82.8. The van der Waals surface area contributed by atoms with Crippen LogP contribution in [-0.4, -0.2) is 46.6 Å². The minimum Gasteiger partial charge on any atom is -0.390 e. The van der Waals surface area contributed by atoms with E-state index >= 15 is 0 Å².